The van der Waals surface area contributed by atoms with Crippen molar-refractivity contribution in [1.82, 2.24) is 4.90 Å². The molecule has 110 valence electrons. The summed E-state index contributed by atoms with van der Waals surface area (Å²) in [5.41, 5.74) is 0. The largest absolute Gasteiger partial charge is 0.481 e. The minimum atomic E-state index is -0.773. The molecule has 21 heavy (non-hydrogen) atoms. The van der Waals surface area contributed by atoms with E-state index < -0.39 is 24.1 Å². The minimum absolute atomic E-state index is 0.117. The van der Waals surface area contributed by atoms with Crippen molar-refractivity contribution in [3.8, 4) is 17.9 Å². The van der Waals surface area contributed by atoms with Gasteiger partial charge in [0.2, 0.25) is 0 Å². The molecule has 1 aromatic carbocycles. The molecule has 0 aliphatic rings. The predicted molar refractivity (Wildman–Crippen MR) is 68.9 cm³/mol. The zero-order chi connectivity index (χ0) is 15.7. The van der Waals surface area contributed by atoms with Gasteiger partial charge in [-0.1, -0.05) is 0 Å². The summed E-state index contributed by atoms with van der Waals surface area (Å²) in [5, 5.41) is 17.0. The summed E-state index contributed by atoms with van der Waals surface area (Å²) in [4.78, 5) is 13.2. The maximum Gasteiger partial charge on any atom is 0.260 e. The molecular formula is C14H13F2N3O2. The molecule has 0 N–H and O–H groups in total. The summed E-state index contributed by atoms with van der Waals surface area (Å²) >= 11 is 0. The number of hydrogen-bond donors (Lipinski definition) is 0. The normalized spacial score (nSPS) is 9.52. The van der Waals surface area contributed by atoms with Crippen LogP contribution in [-0.4, -0.2) is 30.5 Å². The van der Waals surface area contributed by atoms with Crippen LogP contribution in [0.1, 0.15) is 12.8 Å². The van der Waals surface area contributed by atoms with E-state index in [4.69, 9.17) is 15.3 Å². The van der Waals surface area contributed by atoms with Crippen molar-refractivity contribution in [1.29, 1.82) is 10.5 Å². The number of nitriles is 2. The molecule has 7 heteroatoms. The number of hydrogen-bond acceptors (Lipinski definition) is 4. The van der Waals surface area contributed by atoms with Gasteiger partial charge < -0.3 is 9.64 Å². The third kappa shape index (κ3) is 5.45. The Labute approximate surface area is 121 Å². The van der Waals surface area contributed by atoms with Crippen LogP contribution >= 0.6 is 0 Å². The summed E-state index contributed by atoms with van der Waals surface area (Å²) in [6.07, 6.45) is 0.233. The highest BCUT2D eigenvalue weighted by atomic mass is 19.1. The molecule has 0 saturated carbocycles. The van der Waals surface area contributed by atoms with Gasteiger partial charge in [0.1, 0.15) is 5.82 Å². The Hall–Kier alpha value is -2.67. The Morgan fingerprint density at radius 3 is 2.38 bits per heavy atom. The first-order chi connectivity index (χ1) is 10.1. The van der Waals surface area contributed by atoms with Crippen molar-refractivity contribution in [3.05, 3.63) is 29.8 Å². The molecular weight excluding hydrogens is 280 g/mol. The number of rotatable bonds is 7. The molecule has 0 unspecified atom stereocenters. The lowest BCUT2D eigenvalue weighted by Gasteiger charge is -2.20. The summed E-state index contributed by atoms with van der Waals surface area (Å²) < 4.78 is 31.2. The minimum Gasteiger partial charge on any atom is -0.481 e. The second kappa shape index (κ2) is 8.49. The molecule has 0 atom stereocenters. The van der Waals surface area contributed by atoms with Crippen LogP contribution < -0.4 is 4.74 Å². The summed E-state index contributed by atoms with van der Waals surface area (Å²) in [7, 11) is 0. The van der Waals surface area contributed by atoms with Gasteiger partial charge in [-0.15, -0.1) is 0 Å². The fourth-order valence-electron chi connectivity index (χ4n) is 1.55. The fraction of sp³-hybridized carbons (Fsp3) is 0.357. The van der Waals surface area contributed by atoms with Crippen molar-refractivity contribution >= 4 is 5.91 Å². The number of benzene rings is 1. The molecule has 0 saturated heterocycles. The topological polar surface area (TPSA) is 77.1 Å². The third-order valence-electron chi connectivity index (χ3n) is 2.58. The van der Waals surface area contributed by atoms with E-state index in [-0.39, 0.29) is 31.7 Å². The molecule has 1 amide bonds. The SMILES string of the molecule is N#CCCN(CCC#N)C(=O)COc1cc(F)ccc1F. The molecule has 0 heterocycles. The molecule has 5 nitrogen and oxygen atoms in total. The van der Waals surface area contributed by atoms with Gasteiger partial charge in [0.25, 0.3) is 5.91 Å². The van der Waals surface area contributed by atoms with Crippen LogP contribution in [0.4, 0.5) is 8.78 Å². The third-order valence-corrected chi connectivity index (χ3v) is 2.58. The molecule has 0 aromatic heterocycles. The van der Waals surface area contributed by atoms with Gasteiger partial charge >= 0.3 is 0 Å². The van der Waals surface area contributed by atoms with E-state index in [1.165, 1.54) is 4.90 Å². The average Bonchev–Trinajstić information content (AvgIpc) is 2.48. The highest BCUT2D eigenvalue weighted by Gasteiger charge is 2.15. The average molecular weight is 293 g/mol. The van der Waals surface area contributed by atoms with Crippen LogP contribution in [-0.2, 0) is 4.79 Å². The highest BCUT2D eigenvalue weighted by molar-refractivity contribution is 5.77. The lowest BCUT2D eigenvalue weighted by Crippen LogP contribution is -2.36. The van der Waals surface area contributed by atoms with Crippen molar-refractivity contribution in [2.24, 2.45) is 0 Å². The summed E-state index contributed by atoms with van der Waals surface area (Å²) in [6, 6.07) is 6.47. The van der Waals surface area contributed by atoms with Gasteiger partial charge in [-0.25, -0.2) is 8.78 Å². The smallest absolute Gasteiger partial charge is 0.260 e. The van der Waals surface area contributed by atoms with Gasteiger partial charge in [0, 0.05) is 19.2 Å². The van der Waals surface area contributed by atoms with Gasteiger partial charge in [0.05, 0.1) is 25.0 Å². The Kier molecular flexibility index (Phi) is 6.62. The van der Waals surface area contributed by atoms with Gasteiger partial charge in [0.15, 0.2) is 18.2 Å². The number of carbonyl (C=O) groups is 1. The molecule has 0 fully saturated rings. The number of nitrogens with zero attached hydrogens (tertiary/aromatic N) is 3. The maximum atomic E-state index is 13.3. The molecule has 0 aliphatic heterocycles. The Morgan fingerprint density at radius 2 is 1.81 bits per heavy atom. The van der Waals surface area contributed by atoms with Crippen LogP contribution in [0, 0.1) is 34.3 Å². The van der Waals surface area contributed by atoms with E-state index in [9.17, 15) is 13.6 Å². The lowest BCUT2D eigenvalue weighted by atomic mass is 10.3. The standard InChI is InChI=1S/C14H13F2N3O2/c15-11-3-4-12(16)13(9-11)21-10-14(20)19(7-1-5-17)8-2-6-18/h3-4,9H,1-2,7-8,10H2. The second-order valence-corrected chi connectivity index (χ2v) is 4.06. The molecule has 1 aromatic rings. The number of amides is 1. The van der Waals surface area contributed by atoms with E-state index in [2.05, 4.69) is 0 Å². The Morgan fingerprint density at radius 1 is 1.19 bits per heavy atom. The van der Waals surface area contributed by atoms with Crippen molar-refractivity contribution in [2.45, 2.75) is 12.8 Å². The Balaban J connectivity index is 2.62. The van der Waals surface area contributed by atoms with E-state index >= 15 is 0 Å². The first-order valence-corrected chi connectivity index (χ1v) is 6.18. The van der Waals surface area contributed by atoms with E-state index in [0.717, 1.165) is 18.2 Å². The first kappa shape index (κ1) is 16.4. The van der Waals surface area contributed by atoms with Gasteiger partial charge in [-0.3, -0.25) is 4.79 Å². The molecule has 0 aliphatic carbocycles. The molecule has 0 spiro atoms. The van der Waals surface area contributed by atoms with Crippen molar-refractivity contribution in [3.63, 3.8) is 0 Å². The van der Waals surface area contributed by atoms with E-state index in [1.54, 1.807) is 0 Å². The lowest BCUT2D eigenvalue weighted by molar-refractivity contribution is -0.133. The van der Waals surface area contributed by atoms with Crippen LogP contribution in [0.2, 0.25) is 0 Å². The molecule has 0 radical (unpaired) electrons. The number of ether oxygens (including phenoxy) is 1. The zero-order valence-electron chi connectivity index (χ0n) is 11.2. The van der Waals surface area contributed by atoms with Crippen molar-refractivity contribution < 1.29 is 18.3 Å². The van der Waals surface area contributed by atoms with E-state index in [0.29, 0.717) is 0 Å². The Bertz CT molecular complexity index is 561. The van der Waals surface area contributed by atoms with Crippen molar-refractivity contribution in [2.75, 3.05) is 19.7 Å². The van der Waals surface area contributed by atoms with Gasteiger partial charge in [-0.05, 0) is 12.1 Å². The summed E-state index contributed by atoms with van der Waals surface area (Å²) in [6.45, 7) is -0.171. The first-order valence-electron chi connectivity index (χ1n) is 6.18. The quantitative estimate of drug-likeness (QED) is 0.770. The van der Waals surface area contributed by atoms with E-state index in [1.807, 2.05) is 12.1 Å². The highest BCUT2D eigenvalue weighted by Crippen LogP contribution is 2.17. The van der Waals surface area contributed by atoms with Crippen LogP contribution in [0.15, 0.2) is 18.2 Å². The van der Waals surface area contributed by atoms with Crippen LogP contribution in [0.3, 0.4) is 0 Å². The summed E-state index contributed by atoms with van der Waals surface area (Å²) in [5.74, 6) is -2.30. The number of halogens is 2. The fourth-order valence-corrected chi connectivity index (χ4v) is 1.55. The monoisotopic (exact) mass is 293 g/mol. The zero-order valence-corrected chi connectivity index (χ0v) is 11.2. The molecule has 1 rings (SSSR count). The predicted octanol–water partition coefficient (Wildman–Crippen LogP) is 2.00. The maximum absolute atomic E-state index is 13.3. The number of carbonyl (C=O) groups excluding carboxylic acids is 1. The van der Waals surface area contributed by atoms with Gasteiger partial charge in [-0.2, -0.15) is 10.5 Å². The van der Waals surface area contributed by atoms with Crippen LogP contribution in [0.25, 0.3) is 0 Å². The van der Waals surface area contributed by atoms with Crippen LogP contribution in [0.5, 0.6) is 5.75 Å². The second-order valence-electron chi connectivity index (χ2n) is 4.06. The molecule has 0 bridgehead atoms.